The lowest BCUT2D eigenvalue weighted by Gasteiger charge is -2.37. The minimum Gasteiger partial charge on any atom is -0.497 e. The van der Waals surface area contributed by atoms with Crippen molar-refractivity contribution in [2.45, 2.75) is 25.3 Å². The molecular weight excluding hydrogens is 360 g/mol. The molecule has 0 radical (unpaired) electrons. The molecule has 1 amide bonds. The summed E-state index contributed by atoms with van der Waals surface area (Å²) in [5.74, 6) is 1.40. The van der Waals surface area contributed by atoms with Crippen molar-refractivity contribution in [3.8, 4) is 5.75 Å². The van der Waals surface area contributed by atoms with Crippen molar-refractivity contribution in [2.24, 2.45) is 5.41 Å². The zero-order valence-corrected chi connectivity index (χ0v) is 16.5. The number of methoxy groups -OCH3 is 1. The fraction of sp³-hybridized carbons (Fsp3) is 0.409. The highest BCUT2D eigenvalue weighted by atomic mass is 35.5. The summed E-state index contributed by atoms with van der Waals surface area (Å²) in [6.45, 7) is 3.28. The van der Waals surface area contributed by atoms with Crippen LogP contribution in [-0.2, 0) is 11.3 Å². The normalized spacial score (nSPS) is 21.1. The van der Waals surface area contributed by atoms with Crippen LogP contribution in [0, 0.1) is 5.41 Å². The smallest absolute Gasteiger partial charge is 0.229 e. The maximum atomic E-state index is 13.5. The summed E-state index contributed by atoms with van der Waals surface area (Å²) >= 11 is 0. The number of rotatable bonds is 4. The standard InChI is InChI=1S/C22H26N2O2.ClH/c1-26-19-9-5-8-18(14-19)20-16-24(15-17-6-3-2-4-7-17)21(25)22(20)10-12-23-13-11-22;/h2-9,14,20,23H,10-13,15-16H2,1H3;1H. The minimum absolute atomic E-state index is 0. The van der Waals surface area contributed by atoms with Gasteiger partial charge in [0.1, 0.15) is 5.75 Å². The van der Waals surface area contributed by atoms with Crippen molar-refractivity contribution >= 4 is 18.3 Å². The van der Waals surface area contributed by atoms with Gasteiger partial charge in [0.15, 0.2) is 0 Å². The summed E-state index contributed by atoms with van der Waals surface area (Å²) in [4.78, 5) is 15.6. The molecule has 1 unspecified atom stereocenters. The molecule has 0 saturated carbocycles. The number of nitrogens with one attached hydrogen (secondary N) is 1. The van der Waals surface area contributed by atoms with Crippen molar-refractivity contribution < 1.29 is 9.53 Å². The number of piperidine rings is 1. The van der Waals surface area contributed by atoms with E-state index in [9.17, 15) is 4.79 Å². The zero-order valence-electron chi connectivity index (χ0n) is 15.7. The third-order valence-corrected chi connectivity index (χ3v) is 5.99. The zero-order chi connectivity index (χ0) is 18.0. The van der Waals surface area contributed by atoms with Crippen LogP contribution in [0.15, 0.2) is 54.6 Å². The molecule has 2 aliphatic heterocycles. The quantitative estimate of drug-likeness (QED) is 0.872. The van der Waals surface area contributed by atoms with E-state index < -0.39 is 0 Å². The van der Waals surface area contributed by atoms with E-state index in [0.29, 0.717) is 12.5 Å². The van der Waals surface area contributed by atoms with Gasteiger partial charge in [0.2, 0.25) is 5.91 Å². The number of carbonyl (C=O) groups is 1. The summed E-state index contributed by atoms with van der Waals surface area (Å²) in [7, 11) is 1.70. The van der Waals surface area contributed by atoms with Gasteiger partial charge in [0.25, 0.3) is 0 Å². The molecule has 0 aromatic heterocycles. The lowest BCUT2D eigenvalue weighted by Crippen LogP contribution is -2.44. The van der Waals surface area contributed by atoms with Crippen LogP contribution in [0.2, 0.25) is 0 Å². The predicted octanol–water partition coefficient (Wildman–Crippen LogP) is 3.61. The molecular formula is C22H27ClN2O2. The van der Waals surface area contributed by atoms with E-state index in [2.05, 4.69) is 34.5 Å². The van der Waals surface area contributed by atoms with Crippen molar-refractivity contribution in [2.75, 3.05) is 26.7 Å². The van der Waals surface area contributed by atoms with E-state index in [4.69, 9.17) is 4.74 Å². The Morgan fingerprint density at radius 2 is 1.85 bits per heavy atom. The second-order valence-electron chi connectivity index (χ2n) is 7.41. The molecule has 4 rings (SSSR count). The van der Waals surface area contributed by atoms with Gasteiger partial charge < -0.3 is 15.0 Å². The number of carbonyl (C=O) groups excluding carboxylic acids is 1. The molecule has 4 nitrogen and oxygen atoms in total. The van der Waals surface area contributed by atoms with Crippen LogP contribution in [0.1, 0.15) is 29.9 Å². The highest BCUT2D eigenvalue weighted by Crippen LogP contribution is 2.50. The molecule has 144 valence electrons. The Kier molecular flexibility index (Phi) is 6.08. The van der Waals surface area contributed by atoms with Gasteiger partial charge >= 0.3 is 0 Å². The van der Waals surface area contributed by atoms with E-state index in [0.717, 1.165) is 38.2 Å². The molecule has 1 spiro atoms. The molecule has 2 saturated heterocycles. The first kappa shape index (κ1) is 19.7. The summed E-state index contributed by atoms with van der Waals surface area (Å²) in [5.41, 5.74) is 2.12. The van der Waals surface area contributed by atoms with Gasteiger partial charge in [-0.15, -0.1) is 12.4 Å². The molecule has 0 aliphatic carbocycles. The molecule has 27 heavy (non-hydrogen) atoms. The minimum atomic E-state index is -0.285. The number of ether oxygens (including phenoxy) is 1. The Bertz CT molecular complexity index is 775. The largest absolute Gasteiger partial charge is 0.497 e. The van der Waals surface area contributed by atoms with Crippen molar-refractivity contribution in [3.63, 3.8) is 0 Å². The van der Waals surface area contributed by atoms with Crippen LogP contribution in [-0.4, -0.2) is 37.6 Å². The van der Waals surface area contributed by atoms with Gasteiger partial charge in [-0.1, -0.05) is 42.5 Å². The SMILES string of the molecule is COc1cccc(C2CN(Cc3ccccc3)C(=O)C23CCNCC3)c1.Cl. The first-order valence-corrected chi connectivity index (χ1v) is 9.41. The van der Waals surface area contributed by atoms with Gasteiger partial charge in [-0.3, -0.25) is 4.79 Å². The van der Waals surface area contributed by atoms with Crippen LogP contribution in [0.5, 0.6) is 5.75 Å². The van der Waals surface area contributed by atoms with E-state index in [1.54, 1.807) is 7.11 Å². The monoisotopic (exact) mass is 386 g/mol. The topological polar surface area (TPSA) is 41.6 Å². The van der Waals surface area contributed by atoms with Gasteiger partial charge in [-0.25, -0.2) is 0 Å². The number of nitrogens with zero attached hydrogens (tertiary/aromatic N) is 1. The Morgan fingerprint density at radius 3 is 2.56 bits per heavy atom. The van der Waals surface area contributed by atoms with E-state index in [1.165, 1.54) is 11.1 Å². The summed E-state index contributed by atoms with van der Waals surface area (Å²) < 4.78 is 5.43. The fourth-order valence-corrected chi connectivity index (χ4v) is 4.60. The third kappa shape index (κ3) is 3.69. The summed E-state index contributed by atoms with van der Waals surface area (Å²) in [6, 6.07) is 18.5. The average Bonchev–Trinajstić information content (AvgIpc) is 2.95. The van der Waals surface area contributed by atoms with Crippen LogP contribution < -0.4 is 10.1 Å². The van der Waals surface area contributed by atoms with Crippen LogP contribution in [0.4, 0.5) is 0 Å². The molecule has 0 bridgehead atoms. The lowest BCUT2D eigenvalue weighted by atomic mass is 9.68. The van der Waals surface area contributed by atoms with Gasteiger partial charge in [0, 0.05) is 19.0 Å². The van der Waals surface area contributed by atoms with Crippen LogP contribution >= 0.6 is 12.4 Å². The fourth-order valence-electron chi connectivity index (χ4n) is 4.60. The Morgan fingerprint density at radius 1 is 1.11 bits per heavy atom. The van der Waals surface area contributed by atoms with Crippen LogP contribution in [0.3, 0.4) is 0 Å². The molecule has 2 aliphatic rings. The third-order valence-electron chi connectivity index (χ3n) is 5.99. The number of likely N-dealkylation sites (tertiary alicyclic amines) is 1. The maximum Gasteiger partial charge on any atom is 0.229 e. The van der Waals surface area contributed by atoms with Crippen molar-refractivity contribution in [1.29, 1.82) is 0 Å². The predicted molar refractivity (Wildman–Crippen MR) is 109 cm³/mol. The van der Waals surface area contributed by atoms with E-state index in [-0.39, 0.29) is 23.7 Å². The average molecular weight is 387 g/mol. The molecule has 5 heteroatoms. The summed E-state index contributed by atoms with van der Waals surface area (Å²) in [6.07, 6.45) is 1.80. The molecule has 2 heterocycles. The molecule has 1 atom stereocenters. The Balaban J connectivity index is 0.00000210. The van der Waals surface area contributed by atoms with E-state index in [1.807, 2.05) is 30.3 Å². The van der Waals surface area contributed by atoms with Crippen LogP contribution in [0.25, 0.3) is 0 Å². The van der Waals surface area contributed by atoms with E-state index >= 15 is 0 Å². The first-order valence-electron chi connectivity index (χ1n) is 9.41. The second kappa shape index (κ2) is 8.32. The number of halogens is 1. The van der Waals surface area contributed by atoms with Gasteiger partial charge in [-0.2, -0.15) is 0 Å². The molecule has 1 N–H and O–H groups in total. The Labute approximate surface area is 167 Å². The van der Waals surface area contributed by atoms with Crippen molar-refractivity contribution in [1.82, 2.24) is 10.2 Å². The number of hydrogen-bond acceptors (Lipinski definition) is 3. The lowest BCUT2D eigenvalue weighted by molar-refractivity contribution is -0.138. The number of benzene rings is 2. The molecule has 2 aromatic carbocycles. The Hall–Kier alpha value is -2.04. The maximum absolute atomic E-state index is 13.5. The van der Waals surface area contributed by atoms with Gasteiger partial charge in [-0.05, 0) is 49.2 Å². The van der Waals surface area contributed by atoms with Gasteiger partial charge in [0.05, 0.1) is 12.5 Å². The molecule has 2 fully saturated rings. The highest BCUT2D eigenvalue weighted by molar-refractivity contribution is 5.87. The number of hydrogen-bond donors (Lipinski definition) is 1. The number of amides is 1. The highest BCUT2D eigenvalue weighted by Gasteiger charge is 2.54. The first-order chi connectivity index (χ1) is 12.7. The molecule has 2 aromatic rings. The van der Waals surface area contributed by atoms with Crippen molar-refractivity contribution in [3.05, 3.63) is 65.7 Å². The summed E-state index contributed by atoms with van der Waals surface area (Å²) in [5, 5.41) is 3.42. The second-order valence-corrected chi connectivity index (χ2v) is 7.41.